The Hall–Kier alpha value is -2.70. The van der Waals surface area contributed by atoms with Gasteiger partial charge in [0.1, 0.15) is 19.0 Å². The molecule has 1 aromatic heterocycles. The molecule has 2 aliphatic heterocycles. The van der Waals surface area contributed by atoms with Crippen molar-refractivity contribution in [3.05, 3.63) is 64.7 Å². The first-order valence-corrected chi connectivity index (χ1v) is 9.17. The number of rotatable bonds is 1. The van der Waals surface area contributed by atoms with Gasteiger partial charge in [-0.25, -0.2) is 4.98 Å². The van der Waals surface area contributed by atoms with Gasteiger partial charge in [0, 0.05) is 34.6 Å². The van der Waals surface area contributed by atoms with Crippen molar-refractivity contribution >= 4 is 11.6 Å². The van der Waals surface area contributed by atoms with Crippen molar-refractivity contribution in [2.45, 2.75) is 19.4 Å². The Labute approximate surface area is 161 Å². The van der Waals surface area contributed by atoms with E-state index in [9.17, 15) is 10.2 Å². The first-order chi connectivity index (χ1) is 13.1. The third-order valence-corrected chi connectivity index (χ3v) is 4.94. The van der Waals surface area contributed by atoms with Crippen LogP contribution < -0.4 is 9.47 Å². The largest absolute Gasteiger partial charge is 0.507 e. The molecule has 5 rings (SSSR count). The van der Waals surface area contributed by atoms with Crippen LogP contribution in [0.3, 0.4) is 0 Å². The van der Waals surface area contributed by atoms with E-state index >= 15 is 0 Å². The Morgan fingerprint density at radius 1 is 1.15 bits per heavy atom. The van der Waals surface area contributed by atoms with Crippen LogP contribution in [0.4, 0.5) is 0 Å². The van der Waals surface area contributed by atoms with E-state index in [1.807, 2.05) is 19.9 Å². The summed E-state index contributed by atoms with van der Waals surface area (Å²) < 4.78 is 12.9. The van der Waals surface area contributed by atoms with Gasteiger partial charge < -0.3 is 24.3 Å². The third-order valence-electron chi connectivity index (χ3n) is 4.63. The molecule has 0 amide bonds. The number of hydrogen-bond donors (Lipinski definition) is 2. The fourth-order valence-corrected chi connectivity index (χ4v) is 3.88. The lowest BCUT2D eigenvalue weighted by molar-refractivity contribution is 0.117. The number of fused-ring (bicyclic) bond motifs is 4. The van der Waals surface area contributed by atoms with Crippen molar-refractivity contribution in [2.75, 3.05) is 13.2 Å². The van der Waals surface area contributed by atoms with E-state index in [0.29, 0.717) is 41.1 Å². The van der Waals surface area contributed by atoms with Crippen molar-refractivity contribution in [3.63, 3.8) is 0 Å². The molecule has 0 saturated carbocycles. The second-order valence-corrected chi connectivity index (χ2v) is 6.39. The number of aliphatic hydroxyl groups is 1. The SMILES string of the molecule is CC.Oc1cc2c(cc1C1(O)c3c(Cl)cccc3-n3ccnc31)OCCO2. The van der Waals surface area contributed by atoms with E-state index in [1.165, 1.54) is 6.07 Å². The highest BCUT2D eigenvalue weighted by Gasteiger charge is 2.48. The van der Waals surface area contributed by atoms with Crippen LogP contribution in [0.15, 0.2) is 42.7 Å². The summed E-state index contributed by atoms with van der Waals surface area (Å²) in [6.45, 7) is 4.82. The molecule has 0 spiro atoms. The van der Waals surface area contributed by atoms with Crippen LogP contribution in [0.25, 0.3) is 5.69 Å². The fraction of sp³-hybridized carbons (Fsp3) is 0.250. The lowest BCUT2D eigenvalue weighted by Crippen LogP contribution is -2.28. The number of ether oxygens (including phenoxy) is 2. The molecule has 3 aromatic rings. The zero-order valence-corrected chi connectivity index (χ0v) is 15.7. The minimum Gasteiger partial charge on any atom is -0.507 e. The van der Waals surface area contributed by atoms with Gasteiger partial charge >= 0.3 is 0 Å². The first kappa shape index (κ1) is 17.7. The standard InChI is InChI=1S/C18H13ClN2O4.C2H6/c19-11-2-1-3-12-16(11)18(23,17-20-4-5-21(12)17)10-8-14-15(9-13(10)22)25-7-6-24-14;1-2/h1-5,8-9,22-23H,6-7H2;1-2H3. The van der Waals surface area contributed by atoms with Crippen molar-refractivity contribution < 1.29 is 19.7 Å². The van der Waals surface area contributed by atoms with Crippen LogP contribution in [-0.2, 0) is 5.60 Å². The Bertz CT molecular complexity index is 1020. The second kappa shape index (κ2) is 6.48. The summed E-state index contributed by atoms with van der Waals surface area (Å²) >= 11 is 6.41. The summed E-state index contributed by atoms with van der Waals surface area (Å²) in [4.78, 5) is 4.31. The number of imidazole rings is 1. The number of phenolic OH excluding ortho intramolecular Hbond substituents is 1. The average Bonchev–Trinajstić information content (AvgIpc) is 3.26. The van der Waals surface area contributed by atoms with Crippen molar-refractivity contribution in [3.8, 4) is 22.9 Å². The molecule has 140 valence electrons. The van der Waals surface area contributed by atoms with Gasteiger partial charge in [0.05, 0.1) is 5.69 Å². The minimum atomic E-state index is -1.70. The molecular weight excluding hydrogens is 368 g/mol. The lowest BCUT2D eigenvalue weighted by Gasteiger charge is -2.27. The quantitative estimate of drug-likeness (QED) is 0.668. The van der Waals surface area contributed by atoms with Crippen LogP contribution in [0.1, 0.15) is 30.8 Å². The summed E-state index contributed by atoms with van der Waals surface area (Å²) in [5.74, 6) is 1.15. The molecule has 6 nitrogen and oxygen atoms in total. The Morgan fingerprint density at radius 2 is 1.85 bits per heavy atom. The smallest absolute Gasteiger partial charge is 0.180 e. The number of aromatic nitrogens is 2. The van der Waals surface area contributed by atoms with E-state index in [2.05, 4.69) is 4.98 Å². The molecule has 0 fully saturated rings. The molecule has 7 heteroatoms. The number of hydrogen-bond acceptors (Lipinski definition) is 5. The molecular formula is C20H19ClN2O4. The molecule has 0 aliphatic carbocycles. The Kier molecular flexibility index (Phi) is 4.25. The minimum absolute atomic E-state index is 0.117. The van der Waals surface area contributed by atoms with Crippen molar-refractivity contribution in [1.29, 1.82) is 0 Å². The molecule has 27 heavy (non-hydrogen) atoms. The monoisotopic (exact) mass is 386 g/mol. The molecule has 0 bridgehead atoms. The molecule has 1 unspecified atom stereocenters. The highest BCUT2D eigenvalue weighted by atomic mass is 35.5. The maximum Gasteiger partial charge on any atom is 0.180 e. The Balaban J connectivity index is 0.000000872. The predicted octanol–water partition coefficient (Wildman–Crippen LogP) is 3.63. The van der Waals surface area contributed by atoms with Gasteiger partial charge in [-0.1, -0.05) is 31.5 Å². The zero-order chi connectivity index (χ0) is 19.2. The predicted molar refractivity (Wildman–Crippen MR) is 101 cm³/mol. The number of benzene rings is 2. The fourth-order valence-electron chi connectivity index (χ4n) is 3.57. The molecule has 0 saturated heterocycles. The zero-order valence-electron chi connectivity index (χ0n) is 14.9. The molecule has 0 radical (unpaired) electrons. The van der Waals surface area contributed by atoms with E-state index in [4.69, 9.17) is 21.1 Å². The lowest BCUT2D eigenvalue weighted by atomic mass is 9.86. The number of nitrogens with zero attached hydrogens (tertiary/aromatic N) is 2. The molecule has 1 atom stereocenters. The van der Waals surface area contributed by atoms with Crippen LogP contribution >= 0.6 is 11.6 Å². The summed E-state index contributed by atoms with van der Waals surface area (Å²) in [6, 6.07) is 8.39. The highest BCUT2D eigenvalue weighted by molar-refractivity contribution is 6.32. The topological polar surface area (TPSA) is 76.7 Å². The van der Waals surface area contributed by atoms with E-state index in [0.717, 1.165) is 5.69 Å². The van der Waals surface area contributed by atoms with Crippen LogP contribution in [0, 0.1) is 0 Å². The van der Waals surface area contributed by atoms with Crippen LogP contribution in [-0.4, -0.2) is 33.0 Å². The number of phenols is 1. The van der Waals surface area contributed by atoms with Gasteiger partial charge in [-0.2, -0.15) is 0 Å². The van der Waals surface area contributed by atoms with Gasteiger partial charge in [0.15, 0.2) is 22.9 Å². The molecule has 2 N–H and O–H groups in total. The number of halogens is 1. The molecule has 2 aromatic carbocycles. The maximum absolute atomic E-state index is 11.7. The normalized spacial score (nSPS) is 19.0. The summed E-state index contributed by atoms with van der Waals surface area (Å²) in [5, 5.41) is 22.7. The maximum atomic E-state index is 11.7. The van der Waals surface area contributed by atoms with Gasteiger partial charge in [-0.05, 0) is 18.2 Å². The third kappa shape index (κ3) is 2.40. The molecule has 2 aliphatic rings. The van der Waals surface area contributed by atoms with Gasteiger partial charge in [-0.3, -0.25) is 0 Å². The average molecular weight is 387 g/mol. The first-order valence-electron chi connectivity index (χ1n) is 8.79. The van der Waals surface area contributed by atoms with Gasteiger partial charge in [0.2, 0.25) is 0 Å². The highest BCUT2D eigenvalue weighted by Crippen LogP contribution is 2.52. The summed E-state index contributed by atoms with van der Waals surface area (Å²) in [5.41, 5.74) is -0.253. The van der Waals surface area contributed by atoms with Crippen molar-refractivity contribution in [2.24, 2.45) is 0 Å². The second-order valence-electron chi connectivity index (χ2n) is 5.98. The van der Waals surface area contributed by atoms with Crippen LogP contribution in [0.5, 0.6) is 17.2 Å². The van der Waals surface area contributed by atoms with E-state index < -0.39 is 5.60 Å². The molecule has 3 heterocycles. The Morgan fingerprint density at radius 3 is 2.59 bits per heavy atom. The van der Waals surface area contributed by atoms with E-state index in [-0.39, 0.29) is 11.3 Å². The summed E-state index contributed by atoms with van der Waals surface area (Å²) in [7, 11) is 0. The van der Waals surface area contributed by atoms with Crippen LogP contribution in [0.2, 0.25) is 5.02 Å². The number of aromatic hydroxyl groups is 1. The van der Waals surface area contributed by atoms with Gasteiger partial charge in [0.25, 0.3) is 0 Å². The van der Waals surface area contributed by atoms with Crippen molar-refractivity contribution in [1.82, 2.24) is 9.55 Å². The summed E-state index contributed by atoms with van der Waals surface area (Å²) in [6.07, 6.45) is 3.34. The van der Waals surface area contributed by atoms with Gasteiger partial charge in [-0.15, -0.1) is 0 Å². The van der Waals surface area contributed by atoms with E-state index in [1.54, 1.807) is 35.2 Å².